The first-order valence-electron chi connectivity index (χ1n) is 8.84. The molecule has 0 radical (unpaired) electrons. The predicted molar refractivity (Wildman–Crippen MR) is 93.0 cm³/mol. The molecule has 2 saturated heterocycles. The SMILES string of the molecule is O=S(=O)(c1ccc2c(c1)N(C1CCNCC1)CC2)N1CCOCC1. The van der Waals surface area contributed by atoms with Crippen LogP contribution in [0.5, 0.6) is 0 Å². The molecule has 0 bridgehead atoms. The molecule has 3 aliphatic rings. The van der Waals surface area contributed by atoms with Crippen LogP contribution in [0.25, 0.3) is 0 Å². The highest BCUT2D eigenvalue weighted by Crippen LogP contribution is 2.34. The minimum absolute atomic E-state index is 0.420. The zero-order chi connectivity index (χ0) is 16.6. The topological polar surface area (TPSA) is 61.9 Å². The van der Waals surface area contributed by atoms with Crippen molar-refractivity contribution in [2.45, 2.75) is 30.2 Å². The van der Waals surface area contributed by atoms with Gasteiger partial charge in [-0.3, -0.25) is 0 Å². The van der Waals surface area contributed by atoms with Gasteiger partial charge in [0.25, 0.3) is 0 Å². The van der Waals surface area contributed by atoms with E-state index in [0.717, 1.165) is 44.6 Å². The van der Waals surface area contributed by atoms with Gasteiger partial charge in [-0.25, -0.2) is 8.42 Å². The zero-order valence-electron chi connectivity index (χ0n) is 13.9. The van der Waals surface area contributed by atoms with Gasteiger partial charge in [0.2, 0.25) is 10.0 Å². The Balaban J connectivity index is 1.62. The number of sulfonamides is 1. The summed E-state index contributed by atoms with van der Waals surface area (Å²) < 4.78 is 32.6. The summed E-state index contributed by atoms with van der Waals surface area (Å²) >= 11 is 0. The second-order valence-electron chi connectivity index (χ2n) is 6.73. The summed E-state index contributed by atoms with van der Waals surface area (Å²) in [7, 11) is -3.42. The minimum Gasteiger partial charge on any atom is -0.379 e. The number of benzene rings is 1. The Labute approximate surface area is 143 Å². The van der Waals surface area contributed by atoms with E-state index in [1.165, 1.54) is 5.56 Å². The van der Waals surface area contributed by atoms with Crippen molar-refractivity contribution in [1.82, 2.24) is 9.62 Å². The molecule has 1 aromatic rings. The van der Waals surface area contributed by atoms with E-state index in [1.54, 1.807) is 10.4 Å². The highest BCUT2D eigenvalue weighted by atomic mass is 32.2. The largest absolute Gasteiger partial charge is 0.379 e. The van der Waals surface area contributed by atoms with Crippen LogP contribution in [0.4, 0.5) is 5.69 Å². The van der Waals surface area contributed by atoms with Crippen LogP contribution in [0.2, 0.25) is 0 Å². The van der Waals surface area contributed by atoms with Gasteiger partial charge in [0.15, 0.2) is 0 Å². The Kier molecular flexibility index (Phi) is 4.51. The van der Waals surface area contributed by atoms with Gasteiger partial charge in [-0.1, -0.05) is 6.07 Å². The number of piperidine rings is 1. The van der Waals surface area contributed by atoms with Crippen LogP contribution in [0, 0.1) is 0 Å². The van der Waals surface area contributed by atoms with Crippen LogP contribution in [-0.4, -0.2) is 64.7 Å². The summed E-state index contributed by atoms with van der Waals surface area (Å²) in [5.74, 6) is 0. The third kappa shape index (κ3) is 2.94. The molecule has 0 aliphatic carbocycles. The highest BCUT2D eigenvalue weighted by molar-refractivity contribution is 7.89. The lowest BCUT2D eigenvalue weighted by molar-refractivity contribution is 0.0730. The molecule has 0 amide bonds. The van der Waals surface area contributed by atoms with Gasteiger partial charge in [0.05, 0.1) is 18.1 Å². The van der Waals surface area contributed by atoms with Gasteiger partial charge in [0.1, 0.15) is 0 Å². The summed E-state index contributed by atoms with van der Waals surface area (Å²) in [5, 5.41) is 3.40. The second-order valence-corrected chi connectivity index (χ2v) is 8.67. The first kappa shape index (κ1) is 16.3. The maximum atomic E-state index is 12.9. The minimum atomic E-state index is -3.42. The first-order valence-corrected chi connectivity index (χ1v) is 10.3. The molecule has 0 atom stereocenters. The number of anilines is 1. The van der Waals surface area contributed by atoms with Gasteiger partial charge in [-0.05, 0) is 50.0 Å². The normalized spacial score (nSPS) is 23.4. The molecule has 6 nitrogen and oxygen atoms in total. The van der Waals surface area contributed by atoms with Crippen LogP contribution in [0.3, 0.4) is 0 Å². The Hall–Kier alpha value is -1.15. The number of ether oxygens (including phenoxy) is 1. The zero-order valence-corrected chi connectivity index (χ0v) is 14.7. The van der Waals surface area contributed by atoms with Crippen molar-refractivity contribution >= 4 is 15.7 Å². The molecule has 2 fully saturated rings. The molecule has 0 aromatic heterocycles. The van der Waals surface area contributed by atoms with Crippen molar-refractivity contribution in [2.24, 2.45) is 0 Å². The number of rotatable bonds is 3. The molecular formula is C17H25N3O3S. The van der Waals surface area contributed by atoms with Gasteiger partial charge in [0, 0.05) is 31.4 Å². The number of fused-ring (bicyclic) bond motifs is 1. The number of nitrogens with one attached hydrogen (secondary N) is 1. The average Bonchev–Trinajstić information content (AvgIpc) is 3.06. The number of hydrogen-bond donors (Lipinski definition) is 1. The third-order valence-electron chi connectivity index (χ3n) is 5.35. The van der Waals surface area contributed by atoms with E-state index in [9.17, 15) is 8.42 Å². The molecule has 1 N–H and O–H groups in total. The fraction of sp³-hybridized carbons (Fsp3) is 0.647. The number of hydrogen-bond acceptors (Lipinski definition) is 5. The molecule has 0 spiro atoms. The van der Waals surface area contributed by atoms with Crippen molar-refractivity contribution in [3.8, 4) is 0 Å². The van der Waals surface area contributed by atoms with E-state index in [2.05, 4.69) is 10.2 Å². The van der Waals surface area contributed by atoms with E-state index < -0.39 is 10.0 Å². The van der Waals surface area contributed by atoms with Gasteiger partial charge in [-0.15, -0.1) is 0 Å². The molecule has 3 aliphatic heterocycles. The van der Waals surface area contributed by atoms with Gasteiger partial charge in [-0.2, -0.15) is 4.31 Å². The Morgan fingerprint density at radius 1 is 1.08 bits per heavy atom. The standard InChI is InChI=1S/C17H25N3O3S/c21-24(22,19-9-11-23-12-10-19)16-2-1-14-5-8-20(17(14)13-16)15-3-6-18-7-4-15/h1-2,13,15,18H,3-12H2. The van der Waals surface area contributed by atoms with Crippen molar-refractivity contribution in [2.75, 3.05) is 50.8 Å². The highest BCUT2D eigenvalue weighted by Gasteiger charge is 2.31. The Bertz CT molecular complexity index is 695. The molecule has 24 heavy (non-hydrogen) atoms. The summed E-state index contributed by atoms with van der Waals surface area (Å²) in [6.07, 6.45) is 3.26. The molecule has 0 unspecified atom stereocenters. The smallest absolute Gasteiger partial charge is 0.243 e. The monoisotopic (exact) mass is 351 g/mol. The summed E-state index contributed by atoms with van der Waals surface area (Å²) in [6, 6.07) is 6.20. The second kappa shape index (κ2) is 6.63. The maximum absolute atomic E-state index is 12.9. The number of morpholine rings is 1. The first-order chi connectivity index (χ1) is 11.7. The van der Waals surface area contributed by atoms with Crippen molar-refractivity contribution < 1.29 is 13.2 Å². The predicted octanol–water partition coefficient (Wildman–Crippen LogP) is 0.822. The molecule has 1 aromatic carbocycles. The van der Waals surface area contributed by atoms with Gasteiger partial charge >= 0.3 is 0 Å². The van der Waals surface area contributed by atoms with E-state index in [4.69, 9.17) is 4.74 Å². The van der Waals surface area contributed by atoms with E-state index in [1.807, 2.05) is 12.1 Å². The number of nitrogens with zero attached hydrogens (tertiary/aromatic N) is 2. The molecule has 0 saturated carbocycles. The van der Waals surface area contributed by atoms with Crippen LogP contribution in [0.15, 0.2) is 23.1 Å². The lowest BCUT2D eigenvalue weighted by atomic mass is 10.0. The van der Waals surface area contributed by atoms with Gasteiger partial charge < -0.3 is 15.0 Å². The molecule has 3 heterocycles. The van der Waals surface area contributed by atoms with Crippen LogP contribution < -0.4 is 10.2 Å². The fourth-order valence-corrected chi connectivity index (χ4v) is 5.41. The quantitative estimate of drug-likeness (QED) is 0.874. The molecular weight excluding hydrogens is 326 g/mol. The lowest BCUT2D eigenvalue weighted by Gasteiger charge is -2.34. The Morgan fingerprint density at radius 3 is 2.58 bits per heavy atom. The van der Waals surface area contributed by atoms with Crippen LogP contribution in [-0.2, 0) is 21.2 Å². The fourth-order valence-electron chi connectivity index (χ4n) is 3.98. The van der Waals surface area contributed by atoms with Crippen molar-refractivity contribution in [3.63, 3.8) is 0 Å². The summed E-state index contributed by atoms with van der Waals surface area (Å²) in [4.78, 5) is 2.85. The van der Waals surface area contributed by atoms with E-state index in [0.29, 0.717) is 37.2 Å². The Morgan fingerprint density at radius 2 is 1.83 bits per heavy atom. The van der Waals surface area contributed by atoms with E-state index in [-0.39, 0.29) is 0 Å². The lowest BCUT2D eigenvalue weighted by Crippen LogP contribution is -2.42. The molecule has 4 rings (SSSR count). The third-order valence-corrected chi connectivity index (χ3v) is 7.24. The summed E-state index contributed by atoms with van der Waals surface area (Å²) in [6.45, 7) is 4.93. The maximum Gasteiger partial charge on any atom is 0.243 e. The summed E-state index contributed by atoms with van der Waals surface area (Å²) in [5.41, 5.74) is 2.39. The van der Waals surface area contributed by atoms with Crippen molar-refractivity contribution in [3.05, 3.63) is 23.8 Å². The van der Waals surface area contributed by atoms with E-state index >= 15 is 0 Å². The van der Waals surface area contributed by atoms with Crippen molar-refractivity contribution in [1.29, 1.82) is 0 Å². The average molecular weight is 351 g/mol. The van der Waals surface area contributed by atoms with Crippen LogP contribution >= 0.6 is 0 Å². The molecule has 7 heteroatoms. The van der Waals surface area contributed by atoms with Crippen LogP contribution in [0.1, 0.15) is 18.4 Å². The molecule has 132 valence electrons.